The highest BCUT2D eigenvalue weighted by Gasteiger charge is 2.14. The van der Waals surface area contributed by atoms with Gasteiger partial charge in [-0.3, -0.25) is 9.50 Å². The number of benzene rings is 1. The van der Waals surface area contributed by atoms with E-state index in [9.17, 15) is 0 Å². The third-order valence-corrected chi connectivity index (χ3v) is 4.58. The summed E-state index contributed by atoms with van der Waals surface area (Å²) in [7, 11) is 0. The van der Waals surface area contributed by atoms with Crippen LogP contribution in [0.1, 0.15) is 0 Å². The Morgan fingerprint density at radius 3 is 2.67 bits per heavy atom. The Bertz CT molecular complexity index is 1040. The minimum atomic E-state index is 0.576. The van der Waals surface area contributed by atoms with Crippen LogP contribution in [-0.4, -0.2) is 55.9 Å². The number of nitrogens with one attached hydrogen (secondary N) is 2. The lowest BCUT2D eigenvalue weighted by atomic mass is 10.2. The van der Waals surface area contributed by atoms with Crippen LogP contribution in [0.2, 0.25) is 0 Å². The van der Waals surface area contributed by atoms with Crippen LogP contribution in [0, 0.1) is 0 Å². The molecule has 0 radical (unpaired) electrons. The van der Waals surface area contributed by atoms with E-state index in [1.165, 1.54) is 5.69 Å². The molecular formula is C18H18N8O. The van der Waals surface area contributed by atoms with Crippen LogP contribution in [0.15, 0.2) is 49.2 Å². The lowest BCUT2D eigenvalue weighted by Crippen LogP contribution is -2.36. The quantitative estimate of drug-likeness (QED) is 0.574. The van der Waals surface area contributed by atoms with Gasteiger partial charge in [0.1, 0.15) is 12.0 Å². The molecule has 9 nitrogen and oxygen atoms in total. The molecule has 27 heavy (non-hydrogen) atoms. The molecule has 0 atom stereocenters. The van der Waals surface area contributed by atoms with Crippen molar-refractivity contribution in [2.24, 2.45) is 0 Å². The van der Waals surface area contributed by atoms with E-state index in [2.05, 4.69) is 59.6 Å². The van der Waals surface area contributed by atoms with Crippen molar-refractivity contribution in [3.05, 3.63) is 49.2 Å². The van der Waals surface area contributed by atoms with E-state index in [0.29, 0.717) is 11.6 Å². The number of hydrogen-bond acceptors (Lipinski definition) is 7. The number of aromatic amines is 1. The molecule has 4 aromatic rings. The Labute approximate surface area is 155 Å². The molecule has 0 aliphatic carbocycles. The van der Waals surface area contributed by atoms with Crippen molar-refractivity contribution in [3.63, 3.8) is 0 Å². The zero-order valence-corrected chi connectivity index (χ0v) is 14.5. The minimum absolute atomic E-state index is 0.576. The average molecular weight is 362 g/mol. The summed E-state index contributed by atoms with van der Waals surface area (Å²) in [4.78, 5) is 15.5. The van der Waals surface area contributed by atoms with Gasteiger partial charge in [-0.2, -0.15) is 5.10 Å². The summed E-state index contributed by atoms with van der Waals surface area (Å²) in [5.74, 6) is 1.25. The van der Waals surface area contributed by atoms with Crippen LogP contribution in [0.4, 0.5) is 17.2 Å². The van der Waals surface area contributed by atoms with Crippen LogP contribution >= 0.6 is 0 Å². The Morgan fingerprint density at radius 2 is 1.89 bits per heavy atom. The highest BCUT2D eigenvalue weighted by Crippen LogP contribution is 2.25. The second-order valence-electron chi connectivity index (χ2n) is 6.21. The molecule has 0 unspecified atom stereocenters. The molecule has 0 saturated carbocycles. The number of fused-ring (bicyclic) bond motifs is 1. The van der Waals surface area contributed by atoms with Gasteiger partial charge in [-0.15, -0.1) is 0 Å². The number of rotatable bonds is 4. The van der Waals surface area contributed by atoms with Gasteiger partial charge >= 0.3 is 0 Å². The van der Waals surface area contributed by atoms with Crippen molar-refractivity contribution in [3.8, 4) is 11.5 Å². The van der Waals surface area contributed by atoms with E-state index >= 15 is 0 Å². The fraction of sp³-hybridized carbons (Fsp3) is 0.222. The second kappa shape index (κ2) is 6.69. The second-order valence-corrected chi connectivity index (χ2v) is 6.21. The van der Waals surface area contributed by atoms with Gasteiger partial charge in [0.15, 0.2) is 17.3 Å². The summed E-state index contributed by atoms with van der Waals surface area (Å²) in [6.07, 6.45) is 6.89. The van der Waals surface area contributed by atoms with E-state index in [0.717, 1.165) is 43.3 Å². The van der Waals surface area contributed by atoms with Crippen molar-refractivity contribution in [2.45, 2.75) is 0 Å². The maximum atomic E-state index is 5.41. The largest absolute Gasteiger partial charge is 0.378 e. The Kier molecular flexibility index (Phi) is 3.91. The molecule has 5 rings (SSSR count). The molecule has 1 aromatic carbocycles. The van der Waals surface area contributed by atoms with Crippen LogP contribution in [-0.2, 0) is 4.74 Å². The van der Waals surface area contributed by atoms with Gasteiger partial charge < -0.3 is 15.0 Å². The zero-order chi connectivity index (χ0) is 18.1. The predicted octanol–water partition coefficient (Wildman–Crippen LogP) is 2.09. The molecule has 1 saturated heterocycles. The number of imidazole rings is 1. The van der Waals surface area contributed by atoms with Crippen LogP contribution < -0.4 is 10.2 Å². The summed E-state index contributed by atoms with van der Waals surface area (Å²) in [5, 5.41) is 10.2. The van der Waals surface area contributed by atoms with Gasteiger partial charge in [0.05, 0.1) is 19.4 Å². The van der Waals surface area contributed by atoms with Crippen molar-refractivity contribution in [1.29, 1.82) is 0 Å². The van der Waals surface area contributed by atoms with E-state index in [1.54, 1.807) is 18.7 Å². The Morgan fingerprint density at radius 1 is 1.04 bits per heavy atom. The topological polar surface area (TPSA) is 96.3 Å². The number of morpholine rings is 1. The molecule has 9 heteroatoms. The first-order valence-corrected chi connectivity index (χ1v) is 8.76. The van der Waals surface area contributed by atoms with Gasteiger partial charge in [-0.05, 0) is 24.3 Å². The van der Waals surface area contributed by atoms with Crippen molar-refractivity contribution >= 4 is 22.8 Å². The molecule has 136 valence electrons. The number of H-pyrrole nitrogens is 1. The number of ether oxygens (including phenoxy) is 1. The normalized spacial score (nSPS) is 14.6. The standard InChI is InChI=1S/C18H18N8O/c1-3-14(25-7-9-27-10-8-25)4-2-13(1)23-17-18-19-5-6-26(18)15(11-20-17)16-21-12-22-24-16/h1-6,11-12H,7-10H2,(H,20,23)(H,21,22,24). The van der Waals surface area contributed by atoms with Gasteiger partial charge in [0.25, 0.3) is 0 Å². The molecule has 4 heterocycles. The van der Waals surface area contributed by atoms with Crippen molar-refractivity contribution < 1.29 is 4.74 Å². The fourth-order valence-electron chi connectivity index (χ4n) is 3.22. The summed E-state index contributed by atoms with van der Waals surface area (Å²) in [5.41, 5.74) is 3.64. The predicted molar refractivity (Wildman–Crippen MR) is 101 cm³/mol. The molecule has 1 aliphatic heterocycles. The summed E-state index contributed by atoms with van der Waals surface area (Å²) in [6, 6.07) is 8.32. The van der Waals surface area contributed by atoms with Gasteiger partial charge in [-0.1, -0.05) is 0 Å². The first-order valence-electron chi connectivity index (χ1n) is 8.76. The van der Waals surface area contributed by atoms with Crippen LogP contribution in [0.25, 0.3) is 17.2 Å². The summed E-state index contributed by atoms with van der Waals surface area (Å²) < 4.78 is 7.33. The van der Waals surface area contributed by atoms with Crippen molar-refractivity contribution in [2.75, 3.05) is 36.5 Å². The number of aromatic nitrogens is 6. The third-order valence-electron chi connectivity index (χ3n) is 4.58. The zero-order valence-electron chi connectivity index (χ0n) is 14.5. The first kappa shape index (κ1) is 15.8. The molecular weight excluding hydrogens is 344 g/mol. The Balaban J connectivity index is 1.42. The summed E-state index contributed by atoms with van der Waals surface area (Å²) >= 11 is 0. The van der Waals surface area contributed by atoms with Crippen LogP contribution in [0.5, 0.6) is 0 Å². The molecule has 1 fully saturated rings. The molecule has 0 amide bonds. The van der Waals surface area contributed by atoms with E-state index < -0.39 is 0 Å². The highest BCUT2D eigenvalue weighted by molar-refractivity contribution is 5.73. The van der Waals surface area contributed by atoms with Crippen molar-refractivity contribution in [1.82, 2.24) is 29.5 Å². The van der Waals surface area contributed by atoms with E-state index in [-0.39, 0.29) is 0 Å². The maximum absolute atomic E-state index is 5.41. The third kappa shape index (κ3) is 2.97. The molecule has 3 aromatic heterocycles. The van der Waals surface area contributed by atoms with Gasteiger partial charge in [0, 0.05) is 36.9 Å². The van der Waals surface area contributed by atoms with Crippen LogP contribution in [0.3, 0.4) is 0 Å². The lowest BCUT2D eigenvalue weighted by Gasteiger charge is -2.28. The SMILES string of the molecule is c1cn2c(-c3nc[nH]n3)cnc(Nc3ccc(N4CCOCC4)cc3)c2n1. The number of hydrogen-bond donors (Lipinski definition) is 2. The molecule has 0 spiro atoms. The monoisotopic (exact) mass is 362 g/mol. The molecule has 1 aliphatic rings. The fourth-order valence-corrected chi connectivity index (χ4v) is 3.22. The van der Waals surface area contributed by atoms with E-state index in [4.69, 9.17) is 4.74 Å². The van der Waals surface area contributed by atoms with Gasteiger partial charge in [0.2, 0.25) is 0 Å². The Hall–Kier alpha value is -3.46. The number of anilines is 3. The number of nitrogens with zero attached hydrogens (tertiary/aromatic N) is 6. The minimum Gasteiger partial charge on any atom is -0.378 e. The highest BCUT2D eigenvalue weighted by atomic mass is 16.5. The van der Waals surface area contributed by atoms with Gasteiger partial charge in [-0.25, -0.2) is 15.0 Å². The maximum Gasteiger partial charge on any atom is 0.199 e. The smallest absolute Gasteiger partial charge is 0.199 e. The summed E-state index contributed by atoms with van der Waals surface area (Å²) in [6.45, 7) is 3.40. The lowest BCUT2D eigenvalue weighted by molar-refractivity contribution is 0.122. The average Bonchev–Trinajstić information content (AvgIpc) is 3.42. The first-order chi connectivity index (χ1) is 13.4. The molecule has 0 bridgehead atoms. The van der Waals surface area contributed by atoms with E-state index in [1.807, 2.05) is 10.6 Å². The molecule has 2 N–H and O–H groups in total.